The van der Waals surface area contributed by atoms with Crippen molar-refractivity contribution in [3.63, 3.8) is 0 Å². The van der Waals surface area contributed by atoms with Crippen LogP contribution in [0.3, 0.4) is 0 Å². The van der Waals surface area contributed by atoms with Gasteiger partial charge in [-0.15, -0.1) is 0 Å². The highest BCUT2D eigenvalue weighted by molar-refractivity contribution is 5.80. The van der Waals surface area contributed by atoms with Gasteiger partial charge in [0, 0.05) is 12.8 Å². The maximum Gasteiger partial charge on any atom is 0.133 e. The summed E-state index contributed by atoms with van der Waals surface area (Å²) in [5, 5.41) is 9.20. The van der Waals surface area contributed by atoms with Crippen LogP contribution in [0, 0.1) is 23.2 Å². The van der Waals surface area contributed by atoms with Crippen molar-refractivity contribution in [3.8, 4) is 0 Å². The van der Waals surface area contributed by atoms with Crippen molar-refractivity contribution >= 4 is 5.78 Å². The van der Waals surface area contributed by atoms with Gasteiger partial charge < -0.3 is 5.11 Å². The van der Waals surface area contributed by atoms with Gasteiger partial charge in [-0.2, -0.15) is 0 Å². The van der Waals surface area contributed by atoms with Crippen LogP contribution in [-0.2, 0) is 4.79 Å². The molecule has 0 amide bonds. The summed E-state index contributed by atoms with van der Waals surface area (Å²) in [5.41, 5.74) is 1.19. The summed E-state index contributed by atoms with van der Waals surface area (Å²) >= 11 is 0. The van der Waals surface area contributed by atoms with Crippen LogP contribution in [0.15, 0.2) is 12.2 Å². The minimum atomic E-state index is 0.113. The molecule has 4 atom stereocenters. The van der Waals surface area contributed by atoms with E-state index >= 15 is 0 Å². The van der Waals surface area contributed by atoms with E-state index in [4.69, 9.17) is 0 Å². The van der Waals surface area contributed by atoms with E-state index in [0.29, 0.717) is 23.5 Å². The first-order valence-electron chi connectivity index (χ1n) is 6.76. The highest BCUT2D eigenvalue weighted by atomic mass is 16.3. The van der Waals surface area contributed by atoms with Crippen LogP contribution in [0.1, 0.15) is 46.0 Å². The maximum atomic E-state index is 11.7. The van der Waals surface area contributed by atoms with E-state index < -0.39 is 0 Å². The molecule has 0 heterocycles. The number of hydrogen-bond donors (Lipinski definition) is 1. The minimum absolute atomic E-state index is 0.113. The van der Waals surface area contributed by atoms with E-state index in [1.165, 1.54) is 0 Å². The highest BCUT2D eigenvalue weighted by Crippen LogP contribution is 2.53. The van der Waals surface area contributed by atoms with Gasteiger partial charge >= 0.3 is 0 Å². The van der Waals surface area contributed by atoms with Gasteiger partial charge in [0.05, 0.1) is 6.61 Å². The lowest BCUT2D eigenvalue weighted by atomic mass is 9.54. The second-order valence-electron chi connectivity index (χ2n) is 6.45. The van der Waals surface area contributed by atoms with Crippen LogP contribution < -0.4 is 0 Å². The number of ketones is 1. The van der Waals surface area contributed by atoms with E-state index in [1.807, 2.05) is 0 Å². The Hall–Kier alpha value is -0.630. The molecule has 17 heavy (non-hydrogen) atoms. The molecule has 0 aromatic rings. The lowest BCUT2D eigenvalue weighted by molar-refractivity contribution is -0.130. The molecule has 2 nitrogen and oxygen atoms in total. The molecule has 96 valence electrons. The summed E-state index contributed by atoms with van der Waals surface area (Å²) < 4.78 is 0. The zero-order valence-corrected chi connectivity index (χ0v) is 11.0. The molecule has 2 aliphatic carbocycles. The minimum Gasteiger partial charge on any atom is -0.392 e. The largest absolute Gasteiger partial charge is 0.392 e. The van der Waals surface area contributed by atoms with Crippen LogP contribution in [0.4, 0.5) is 0 Å². The first-order valence-corrected chi connectivity index (χ1v) is 6.76. The molecule has 0 unspecified atom stereocenters. The Labute approximate surface area is 104 Å². The van der Waals surface area contributed by atoms with E-state index in [-0.39, 0.29) is 12.0 Å². The average Bonchev–Trinajstić information content (AvgIpc) is 2.26. The lowest BCUT2D eigenvalue weighted by Gasteiger charge is -2.50. The molecule has 2 rings (SSSR count). The smallest absolute Gasteiger partial charge is 0.133 e. The molecule has 0 aromatic heterocycles. The third-order valence-electron chi connectivity index (χ3n) is 5.12. The fourth-order valence-electron chi connectivity index (χ4n) is 4.06. The van der Waals surface area contributed by atoms with Crippen LogP contribution in [-0.4, -0.2) is 17.5 Å². The Bertz CT molecular complexity index is 334. The molecule has 1 N–H and O–H groups in total. The summed E-state index contributed by atoms with van der Waals surface area (Å²) in [5.74, 6) is 2.03. The van der Waals surface area contributed by atoms with Crippen molar-refractivity contribution in [3.05, 3.63) is 12.2 Å². The quantitative estimate of drug-likeness (QED) is 0.748. The lowest BCUT2D eigenvalue weighted by Crippen LogP contribution is -2.44. The van der Waals surface area contributed by atoms with Crippen molar-refractivity contribution in [1.29, 1.82) is 0 Å². The second kappa shape index (κ2) is 4.56. The molecular formula is C15H24O2. The number of carbonyl (C=O) groups is 1. The van der Waals surface area contributed by atoms with Gasteiger partial charge in [0.1, 0.15) is 5.78 Å². The van der Waals surface area contributed by atoms with Crippen molar-refractivity contribution in [2.75, 3.05) is 6.61 Å². The summed E-state index contributed by atoms with van der Waals surface area (Å²) in [6, 6.07) is 0. The Kier molecular flexibility index (Phi) is 3.44. The molecular weight excluding hydrogens is 212 g/mol. The predicted molar refractivity (Wildman–Crippen MR) is 68.6 cm³/mol. The number of carbonyl (C=O) groups excluding carboxylic acids is 1. The number of aliphatic hydroxyl groups is 1. The molecule has 2 aliphatic rings. The normalized spacial score (nSPS) is 42.1. The first kappa shape index (κ1) is 12.8. The summed E-state index contributed by atoms with van der Waals surface area (Å²) in [4.78, 5) is 11.7. The third kappa shape index (κ3) is 2.33. The molecule has 0 saturated heterocycles. The Morgan fingerprint density at radius 3 is 2.94 bits per heavy atom. The number of hydrogen-bond acceptors (Lipinski definition) is 2. The number of rotatable bonds is 2. The third-order valence-corrected chi connectivity index (χ3v) is 5.12. The molecule has 0 aliphatic heterocycles. The molecule has 0 aromatic carbocycles. The van der Waals surface area contributed by atoms with Gasteiger partial charge in [0.15, 0.2) is 0 Å². The van der Waals surface area contributed by atoms with Crippen molar-refractivity contribution < 1.29 is 9.90 Å². The zero-order chi connectivity index (χ0) is 12.6. The summed E-state index contributed by atoms with van der Waals surface area (Å²) in [6.07, 6.45) is 4.83. The average molecular weight is 236 g/mol. The van der Waals surface area contributed by atoms with E-state index in [2.05, 4.69) is 20.4 Å². The van der Waals surface area contributed by atoms with Crippen LogP contribution in [0.25, 0.3) is 0 Å². The van der Waals surface area contributed by atoms with Crippen LogP contribution >= 0.6 is 0 Å². The maximum absolute atomic E-state index is 11.7. The molecule has 0 radical (unpaired) electrons. The Morgan fingerprint density at radius 1 is 1.59 bits per heavy atom. The fourth-order valence-corrected chi connectivity index (χ4v) is 4.06. The van der Waals surface area contributed by atoms with Crippen molar-refractivity contribution in [1.82, 2.24) is 0 Å². The topological polar surface area (TPSA) is 37.3 Å². The van der Waals surface area contributed by atoms with Gasteiger partial charge in [-0.25, -0.2) is 0 Å². The SMILES string of the molecule is C=C(CO)[C@@H]1CC[C@@]2(C)CC(=O)C[C@@H](C)[C@@H]2C1. The Balaban J connectivity index is 2.13. The molecule has 2 heteroatoms. The van der Waals surface area contributed by atoms with Gasteiger partial charge in [-0.05, 0) is 48.0 Å². The summed E-state index contributed by atoms with van der Waals surface area (Å²) in [7, 11) is 0. The number of aliphatic hydroxyl groups excluding tert-OH is 1. The van der Waals surface area contributed by atoms with E-state index in [9.17, 15) is 9.90 Å². The van der Waals surface area contributed by atoms with Crippen LogP contribution in [0.5, 0.6) is 0 Å². The molecule has 0 bridgehead atoms. The van der Waals surface area contributed by atoms with E-state index in [1.54, 1.807) is 0 Å². The van der Waals surface area contributed by atoms with Gasteiger partial charge in [0.2, 0.25) is 0 Å². The van der Waals surface area contributed by atoms with Gasteiger partial charge in [-0.1, -0.05) is 20.4 Å². The second-order valence-corrected chi connectivity index (χ2v) is 6.45. The Morgan fingerprint density at radius 2 is 2.29 bits per heavy atom. The predicted octanol–water partition coefficient (Wildman–Crippen LogP) is 2.96. The standard InChI is InChI=1S/C15H24O2/c1-10-6-13(17)8-15(3)5-4-12(7-14(10)15)11(2)9-16/h10,12,14,16H,2,4-9H2,1,3H3/t10-,12-,14+,15+/m1/s1. The highest BCUT2D eigenvalue weighted by Gasteiger charge is 2.47. The zero-order valence-electron chi connectivity index (χ0n) is 11.0. The molecule has 2 fully saturated rings. The number of Topliss-reactive ketones (excluding diaryl/α,β-unsaturated/α-hetero) is 1. The monoisotopic (exact) mass is 236 g/mol. The molecule has 0 spiro atoms. The summed E-state index contributed by atoms with van der Waals surface area (Å²) in [6.45, 7) is 8.59. The van der Waals surface area contributed by atoms with Crippen LogP contribution in [0.2, 0.25) is 0 Å². The fraction of sp³-hybridized carbons (Fsp3) is 0.800. The van der Waals surface area contributed by atoms with Gasteiger partial charge in [0.25, 0.3) is 0 Å². The van der Waals surface area contributed by atoms with E-state index in [0.717, 1.165) is 37.7 Å². The first-order chi connectivity index (χ1) is 7.96. The molecule has 2 saturated carbocycles. The van der Waals surface area contributed by atoms with Gasteiger partial charge in [-0.3, -0.25) is 4.79 Å². The van der Waals surface area contributed by atoms with Crippen molar-refractivity contribution in [2.45, 2.75) is 46.0 Å². The van der Waals surface area contributed by atoms with Crippen molar-refractivity contribution in [2.24, 2.45) is 23.2 Å². The number of fused-ring (bicyclic) bond motifs is 1.